The van der Waals surface area contributed by atoms with Gasteiger partial charge in [-0.25, -0.2) is 10.2 Å². The molecule has 1 heterocycles. The Morgan fingerprint density at radius 3 is 2.60 bits per heavy atom. The lowest BCUT2D eigenvalue weighted by molar-refractivity contribution is -0.384. The number of non-ortho nitro benzene ring substituents is 1. The van der Waals surface area contributed by atoms with E-state index in [9.17, 15) is 14.9 Å². The zero-order valence-electron chi connectivity index (χ0n) is 10.7. The van der Waals surface area contributed by atoms with Crippen molar-refractivity contribution in [2.24, 2.45) is 5.10 Å². The molecule has 20 heavy (non-hydrogen) atoms. The summed E-state index contributed by atoms with van der Waals surface area (Å²) in [6.45, 7) is 2.14. The molecule has 1 aromatic rings. The number of nitrogens with zero attached hydrogens (tertiary/aromatic N) is 3. The molecule has 0 radical (unpaired) electrons. The molecule has 0 aliphatic carbocycles. The Labute approximate surface area is 115 Å². The first-order chi connectivity index (χ1) is 9.66. The fourth-order valence-corrected chi connectivity index (χ4v) is 1.68. The molecule has 1 fully saturated rings. The molecule has 0 spiro atoms. The summed E-state index contributed by atoms with van der Waals surface area (Å²) in [6, 6.07) is 5.59. The number of hydrogen-bond donors (Lipinski definition) is 1. The summed E-state index contributed by atoms with van der Waals surface area (Å²) in [4.78, 5) is 23.3. The summed E-state index contributed by atoms with van der Waals surface area (Å²) in [5, 5.41) is 14.3. The minimum absolute atomic E-state index is 0.0134. The molecule has 1 aromatic carbocycles. The third-order valence-corrected chi connectivity index (χ3v) is 2.78. The summed E-state index contributed by atoms with van der Waals surface area (Å²) in [5.74, 6) is 0. The number of urea groups is 1. The van der Waals surface area contributed by atoms with E-state index in [2.05, 4.69) is 10.5 Å². The van der Waals surface area contributed by atoms with Crippen molar-refractivity contribution >= 4 is 17.9 Å². The predicted molar refractivity (Wildman–Crippen MR) is 71.6 cm³/mol. The monoisotopic (exact) mass is 278 g/mol. The van der Waals surface area contributed by atoms with E-state index in [1.54, 1.807) is 17.0 Å². The average Bonchev–Trinajstić information content (AvgIpc) is 2.48. The molecule has 8 nitrogen and oxygen atoms in total. The van der Waals surface area contributed by atoms with E-state index in [0.29, 0.717) is 31.9 Å². The van der Waals surface area contributed by atoms with E-state index < -0.39 is 4.92 Å². The number of hydrazone groups is 1. The Balaban J connectivity index is 1.86. The van der Waals surface area contributed by atoms with Crippen LogP contribution in [0.1, 0.15) is 5.56 Å². The van der Waals surface area contributed by atoms with Gasteiger partial charge in [0.05, 0.1) is 24.4 Å². The van der Waals surface area contributed by atoms with Crippen LogP contribution in [-0.4, -0.2) is 48.4 Å². The predicted octanol–water partition coefficient (Wildman–Crippen LogP) is 0.971. The topological polar surface area (TPSA) is 97.1 Å². The van der Waals surface area contributed by atoms with E-state index in [0.717, 1.165) is 0 Å². The number of morpholine rings is 1. The van der Waals surface area contributed by atoms with Crippen molar-refractivity contribution < 1.29 is 14.5 Å². The van der Waals surface area contributed by atoms with Gasteiger partial charge in [-0.15, -0.1) is 0 Å². The maximum absolute atomic E-state index is 11.7. The zero-order chi connectivity index (χ0) is 14.4. The maximum Gasteiger partial charge on any atom is 0.337 e. The van der Waals surface area contributed by atoms with Gasteiger partial charge in [-0.3, -0.25) is 10.1 Å². The average molecular weight is 278 g/mol. The Morgan fingerprint density at radius 1 is 1.35 bits per heavy atom. The minimum Gasteiger partial charge on any atom is -0.378 e. The molecule has 2 amide bonds. The van der Waals surface area contributed by atoms with Crippen molar-refractivity contribution in [3.63, 3.8) is 0 Å². The highest BCUT2D eigenvalue weighted by molar-refractivity contribution is 5.82. The van der Waals surface area contributed by atoms with Crippen LogP contribution in [-0.2, 0) is 4.74 Å². The molecule has 106 valence electrons. The largest absolute Gasteiger partial charge is 0.378 e. The van der Waals surface area contributed by atoms with Crippen molar-refractivity contribution in [1.82, 2.24) is 10.3 Å². The normalized spacial score (nSPS) is 15.3. The lowest BCUT2D eigenvalue weighted by Gasteiger charge is -2.25. The fraction of sp³-hybridized carbons (Fsp3) is 0.333. The number of benzene rings is 1. The molecule has 1 saturated heterocycles. The van der Waals surface area contributed by atoms with Gasteiger partial charge < -0.3 is 9.64 Å². The summed E-state index contributed by atoms with van der Waals surface area (Å²) in [6.07, 6.45) is 1.43. The first-order valence-electron chi connectivity index (χ1n) is 6.07. The fourth-order valence-electron chi connectivity index (χ4n) is 1.68. The molecule has 0 saturated carbocycles. The number of nitrogens with one attached hydrogen (secondary N) is 1. The van der Waals surface area contributed by atoms with Crippen LogP contribution in [0.4, 0.5) is 10.5 Å². The number of ether oxygens (including phenoxy) is 1. The van der Waals surface area contributed by atoms with Gasteiger partial charge in [0, 0.05) is 25.2 Å². The van der Waals surface area contributed by atoms with Crippen LogP contribution in [0.2, 0.25) is 0 Å². The third kappa shape index (κ3) is 3.75. The summed E-state index contributed by atoms with van der Waals surface area (Å²) in [5.41, 5.74) is 3.08. The Hall–Kier alpha value is -2.48. The van der Waals surface area contributed by atoms with Crippen molar-refractivity contribution in [2.45, 2.75) is 0 Å². The summed E-state index contributed by atoms with van der Waals surface area (Å²) >= 11 is 0. The van der Waals surface area contributed by atoms with Gasteiger partial charge in [-0.1, -0.05) is 0 Å². The Kier molecular flexibility index (Phi) is 4.61. The second-order valence-electron chi connectivity index (χ2n) is 4.12. The molecular formula is C12H14N4O4. The van der Waals surface area contributed by atoms with Crippen LogP contribution in [0, 0.1) is 10.1 Å². The van der Waals surface area contributed by atoms with Crippen LogP contribution in [0.25, 0.3) is 0 Å². The molecule has 0 atom stereocenters. The van der Waals surface area contributed by atoms with E-state index in [4.69, 9.17) is 4.74 Å². The molecule has 0 aromatic heterocycles. The number of amides is 2. The number of nitro benzene ring substituents is 1. The quantitative estimate of drug-likeness (QED) is 0.506. The van der Waals surface area contributed by atoms with Gasteiger partial charge in [0.2, 0.25) is 0 Å². The number of carbonyl (C=O) groups excluding carboxylic acids is 1. The van der Waals surface area contributed by atoms with Gasteiger partial charge >= 0.3 is 6.03 Å². The highest BCUT2D eigenvalue weighted by atomic mass is 16.6. The number of hydrogen-bond acceptors (Lipinski definition) is 5. The smallest absolute Gasteiger partial charge is 0.337 e. The van der Waals surface area contributed by atoms with Gasteiger partial charge in [0.15, 0.2) is 0 Å². The maximum atomic E-state index is 11.7. The first-order valence-corrected chi connectivity index (χ1v) is 6.07. The second-order valence-corrected chi connectivity index (χ2v) is 4.12. The summed E-state index contributed by atoms with van der Waals surface area (Å²) < 4.78 is 5.14. The number of nitro groups is 1. The van der Waals surface area contributed by atoms with Gasteiger partial charge in [0.1, 0.15) is 0 Å². The van der Waals surface area contributed by atoms with Gasteiger partial charge in [-0.2, -0.15) is 5.10 Å². The second kappa shape index (κ2) is 6.62. The molecule has 8 heteroatoms. The van der Waals surface area contributed by atoms with E-state index in [1.165, 1.54) is 18.3 Å². The van der Waals surface area contributed by atoms with Crippen molar-refractivity contribution in [1.29, 1.82) is 0 Å². The Bertz CT molecular complexity index is 509. The standard InChI is InChI=1S/C12H14N4O4/c17-12(15-5-7-20-8-6-15)14-13-9-10-1-3-11(4-2-10)16(18)19/h1-4,9H,5-8H2,(H,14,17). The highest BCUT2D eigenvalue weighted by Crippen LogP contribution is 2.10. The molecular weight excluding hydrogens is 264 g/mol. The molecule has 1 aliphatic heterocycles. The van der Waals surface area contributed by atoms with Crippen molar-refractivity contribution in [3.8, 4) is 0 Å². The first kappa shape index (κ1) is 13.9. The summed E-state index contributed by atoms with van der Waals surface area (Å²) in [7, 11) is 0. The van der Waals surface area contributed by atoms with Crippen molar-refractivity contribution in [3.05, 3.63) is 39.9 Å². The highest BCUT2D eigenvalue weighted by Gasteiger charge is 2.15. The lowest BCUT2D eigenvalue weighted by Crippen LogP contribution is -2.44. The Morgan fingerprint density at radius 2 is 2.00 bits per heavy atom. The zero-order valence-corrected chi connectivity index (χ0v) is 10.7. The third-order valence-electron chi connectivity index (χ3n) is 2.78. The molecule has 1 aliphatic rings. The molecule has 1 N–H and O–H groups in total. The van der Waals surface area contributed by atoms with Gasteiger partial charge in [0.25, 0.3) is 5.69 Å². The lowest BCUT2D eigenvalue weighted by atomic mass is 10.2. The van der Waals surface area contributed by atoms with E-state index in [1.807, 2.05) is 0 Å². The molecule has 2 rings (SSSR count). The number of rotatable bonds is 3. The van der Waals surface area contributed by atoms with Crippen LogP contribution < -0.4 is 5.43 Å². The van der Waals surface area contributed by atoms with Crippen LogP contribution >= 0.6 is 0 Å². The van der Waals surface area contributed by atoms with Crippen LogP contribution in [0.15, 0.2) is 29.4 Å². The SMILES string of the molecule is O=C(NN=Cc1ccc([N+](=O)[O-])cc1)N1CCOCC1. The van der Waals surface area contributed by atoms with E-state index >= 15 is 0 Å². The van der Waals surface area contributed by atoms with Crippen LogP contribution in [0.3, 0.4) is 0 Å². The number of carbonyl (C=O) groups is 1. The molecule has 0 bridgehead atoms. The molecule has 0 unspecified atom stereocenters. The van der Waals surface area contributed by atoms with Crippen LogP contribution in [0.5, 0.6) is 0 Å². The van der Waals surface area contributed by atoms with E-state index in [-0.39, 0.29) is 11.7 Å². The minimum atomic E-state index is -0.471. The van der Waals surface area contributed by atoms with Crippen molar-refractivity contribution in [2.75, 3.05) is 26.3 Å². The van der Waals surface area contributed by atoms with Gasteiger partial charge in [-0.05, 0) is 17.7 Å².